The fourth-order valence-corrected chi connectivity index (χ4v) is 2.69. The summed E-state index contributed by atoms with van der Waals surface area (Å²) in [5.74, 6) is 1.54. The molecule has 22 heavy (non-hydrogen) atoms. The van der Waals surface area contributed by atoms with Gasteiger partial charge in [0.25, 0.3) is 5.91 Å². The molecule has 0 N–H and O–H groups in total. The molecular formula is C17H25BrN2O2. The number of piperazine rings is 1. The van der Waals surface area contributed by atoms with Gasteiger partial charge in [-0.25, -0.2) is 0 Å². The van der Waals surface area contributed by atoms with E-state index in [1.54, 1.807) is 0 Å². The van der Waals surface area contributed by atoms with E-state index in [-0.39, 0.29) is 12.5 Å². The largest absolute Gasteiger partial charge is 0.484 e. The molecule has 0 spiro atoms. The van der Waals surface area contributed by atoms with Crippen LogP contribution >= 0.6 is 15.9 Å². The molecule has 1 saturated heterocycles. The Balaban J connectivity index is 1.69. The monoisotopic (exact) mass is 368 g/mol. The Morgan fingerprint density at radius 1 is 1.18 bits per heavy atom. The van der Waals surface area contributed by atoms with Gasteiger partial charge in [-0.2, -0.15) is 0 Å². The molecule has 2 rings (SSSR count). The average molecular weight is 369 g/mol. The molecule has 4 nitrogen and oxygen atoms in total. The third-order valence-corrected chi connectivity index (χ3v) is 4.45. The molecule has 1 aromatic carbocycles. The highest BCUT2D eigenvalue weighted by atomic mass is 79.9. The number of benzene rings is 1. The average Bonchev–Trinajstić information content (AvgIpc) is 2.52. The van der Waals surface area contributed by atoms with Crippen molar-refractivity contribution in [1.29, 1.82) is 0 Å². The summed E-state index contributed by atoms with van der Waals surface area (Å²) in [7, 11) is 0. The molecule has 1 aliphatic rings. The van der Waals surface area contributed by atoms with Gasteiger partial charge in [0, 0.05) is 30.7 Å². The Bertz CT molecular complexity index is 468. The summed E-state index contributed by atoms with van der Waals surface area (Å²) in [6, 6.07) is 7.54. The molecule has 1 fully saturated rings. The lowest BCUT2D eigenvalue weighted by molar-refractivity contribution is -0.135. The van der Waals surface area contributed by atoms with E-state index in [9.17, 15) is 4.79 Å². The van der Waals surface area contributed by atoms with Gasteiger partial charge in [0.1, 0.15) is 5.75 Å². The highest BCUT2D eigenvalue weighted by Crippen LogP contribution is 2.16. The fraction of sp³-hybridized carbons (Fsp3) is 0.588. The zero-order chi connectivity index (χ0) is 15.9. The van der Waals surface area contributed by atoms with Gasteiger partial charge < -0.3 is 9.64 Å². The maximum Gasteiger partial charge on any atom is 0.260 e. The summed E-state index contributed by atoms with van der Waals surface area (Å²) in [5, 5.41) is 0. The van der Waals surface area contributed by atoms with E-state index in [0.717, 1.165) is 48.9 Å². The van der Waals surface area contributed by atoms with Crippen LogP contribution in [-0.4, -0.2) is 55.0 Å². The minimum Gasteiger partial charge on any atom is -0.484 e. The van der Waals surface area contributed by atoms with Gasteiger partial charge in [0.15, 0.2) is 6.61 Å². The van der Waals surface area contributed by atoms with Crippen LogP contribution in [0.3, 0.4) is 0 Å². The molecule has 0 radical (unpaired) electrons. The zero-order valence-electron chi connectivity index (χ0n) is 13.4. The number of ether oxygens (including phenoxy) is 1. The first-order chi connectivity index (χ1) is 10.5. The van der Waals surface area contributed by atoms with Gasteiger partial charge in [0.2, 0.25) is 0 Å². The molecule has 0 unspecified atom stereocenters. The molecule has 0 saturated carbocycles. The van der Waals surface area contributed by atoms with E-state index in [4.69, 9.17) is 4.74 Å². The molecule has 1 amide bonds. The van der Waals surface area contributed by atoms with E-state index in [0.29, 0.717) is 0 Å². The maximum atomic E-state index is 12.2. The van der Waals surface area contributed by atoms with E-state index in [1.807, 2.05) is 29.2 Å². The Morgan fingerprint density at radius 2 is 1.82 bits per heavy atom. The van der Waals surface area contributed by atoms with E-state index in [2.05, 4.69) is 34.7 Å². The first-order valence-electron chi connectivity index (χ1n) is 7.93. The highest BCUT2D eigenvalue weighted by Gasteiger charge is 2.21. The molecule has 0 bridgehead atoms. The predicted molar refractivity (Wildman–Crippen MR) is 92.1 cm³/mol. The van der Waals surface area contributed by atoms with Crippen LogP contribution in [0.4, 0.5) is 0 Å². The summed E-state index contributed by atoms with van der Waals surface area (Å²) in [4.78, 5) is 16.5. The van der Waals surface area contributed by atoms with E-state index < -0.39 is 0 Å². The van der Waals surface area contributed by atoms with Crippen molar-refractivity contribution in [1.82, 2.24) is 9.80 Å². The van der Waals surface area contributed by atoms with Crippen LogP contribution in [0.5, 0.6) is 5.75 Å². The number of amides is 1. The molecule has 0 aromatic heterocycles. The molecule has 0 atom stereocenters. The first kappa shape index (κ1) is 17.3. The Morgan fingerprint density at radius 3 is 2.41 bits per heavy atom. The molecule has 122 valence electrons. The second-order valence-electron chi connectivity index (χ2n) is 6.15. The van der Waals surface area contributed by atoms with Crippen molar-refractivity contribution in [2.24, 2.45) is 5.92 Å². The predicted octanol–water partition coefficient (Wildman–Crippen LogP) is 3.02. The topological polar surface area (TPSA) is 32.8 Å². The summed E-state index contributed by atoms with van der Waals surface area (Å²) >= 11 is 3.38. The second kappa shape index (κ2) is 8.53. The van der Waals surface area contributed by atoms with Gasteiger partial charge in [-0.3, -0.25) is 9.69 Å². The van der Waals surface area contributed by atoms with Crippen molar-refractivity contribution in [3.63, 3.8) is 0 Å². The van der Waals surface area contributed by atoms with Gasteiger partial charge >= 0.3 is 0 Å². The van der Waals surface area contributed by atoms with Crippen molar-refractivity contribution >= 4 is 21.8 Å². The lowest BCUT2D eigenvalue weighted by Crippen LogP contribution is -2.50. The molecule has 1 aromatic rings. The standard InChI is InChI=1S/C17H25BrN2O2/c1-14(2)7-8-19-9-11-20(12-10-19)17(21)13-22-16-5-3-15(18)4-6-16/h3-6,14H,7-13H2,1-2H3. The number of halogens is 1. The fourth-order valence-electron chi connectivity index (χ4n) is 2.43. The van der Waals surface area contributed by atoms with Crippen LogP contribution in [0.15, 0.2) is 28.7 Å². The maximum absolute atomic E-state index is 12.2. The smallest absolute Gasteiger partial charge is 0.260 e. The van der Waals surface area contributed by atoms with Crippen LogP contribution in [0.25, 0.3) is 0 Å². The van der Waals surface area contributed by atoms with Gasteiger partial charge in [-0.05, 0) is 43.1 Å². The van der Waals surface area contributed by atoms with Crippen molar-refractivity contribution in [2.75, 3.05) is 39.3 Å². The lowest BCUT2D eigenvalue weighted by atomic mass is 10.1. The second-order valence-corrected chi connectivity index (χ2v) is 7.06. The number of carbonyl (C=O) groups is 1. The summed E-state index contributed by atoms with van der Waals surface area (Å²) in [6.07, 6.45) is 1.22. The summed E-state index contributed by atoms with van der Waals surface area (Å²) < 4.78 is 6.56. The van der Waals surface area contributed by atoms with Crippen LogP contribution < -0.4 is 4.74 Å². The lowest BCUT2D eigenvalue weighted by Gasteiger charge is -2.35. The third-order valence-electron chi connectivity index (χ3n) is 3.92. The van der Waals surface area contributed by atoms with E-state index in [1.165, 1.54) is 6.42 Å². The zero-order valence-corrected chi connectivity index (χ0v) is 15.0. The summed E-state index contributed by atoms with van der Waals surface area (Å²) in [6.45, 7) is 9.30. The van der Waals surface area contributed by atoms with Crippen LogP contribution in [-0.2, 0) is 4.79 Å². The number of carbonyl (C=O) groups excluding carboxylic acids is 1. The van der Waals surface area contributed by atoms with Crippen LogP contribution in [0.1, 0.15) is 20.3 Å². The van der Waals surface area contributed by atoms with Gasteiger partial charge in [-0.1, -0.05) is 29.8 Å². The normalized spacial score (nSPS) is 16.1. The quantitative estimate of drug-likeness (QED) is 0.773. The molecule has 1 heterocycles. The van der Waals surface area contributed by atoms with Crippen molar-refractivity contribution in [2.45, 2.75) is 20.3 Å². The van der Waals surface area contributed by atoms with Crippen molar-refractivity contribution in [3.05, 3.63) is 28.7 Å². The first-order valence-corrected chi connectivity index (χ1v) is 8.72. The summed E-state index contributed by atoms with van der Waals surface area (Å²) in [5.41, 5.74) is 0. The van der Waals surface area contributed by atoms with Crippen LogP contribution in [0, 0.1) is 5.92 Å². The molecule has 0 aliphatic carbocycles. The number of nitrogens with zero attached hydrogens (tertiary/aromatic N) is 2. The molecular weight excluding hydrogens is 344 g/mol. The minimum atomic E-state index is 0.0754. The highest BCUT2D eigenvalue weighted by molar-refractivity contribution is 9.10. The number of hydrogen-bond donors (Lipinski definition) is 0. The third kappa shape index (κ3) is 5.61. The van der Waals surface area contributed by atoms with E-state index >= 15 is 0 Å². The van der Waals surface area contributed by atoms with Gasteiger partial charge in [-0.15, -0.1) is 0 Å². The number of rotatable bonds is 6. The molecule has 1 aliphatic heterocycles. The Hall–Kier alpha value is -1.07. The Labute approximate surface area is 141 Å². The van der Waals surface area contributed by atoms with Gasteiger partial charge in [0.05, 0.1) is 0 Å². The van der Waals surface area contributed by atoms with Crippen LogP contribution in [0.2, 0.25) is 0 Å². The Kier molecular flexibility index (Phi) is 6.70. The minimum absolute atomic E-state index is 0.0754. The van der Waals surface area contributed by atoms with Crippen molar-refractivity contribution < 1.29 is 9.53 Å². The number of hydrogen-bond acceptors (Lipinski definition) is 3. The SMILES string of the molecule is CC(C)CCN1CCN(C(=O)COc2ccc(Br)cc2)CC1. The van der Waals surface area contributed by atoms with Crippen molar-refractivity contribution in [3.8, 4) is 5.75 Å². The molecule has 5 heteroatoms.